The van der Waals surface area contributed by atoms with Crippen molar-refractivity contribution in [2.75, 3.05) is 13.1 Å². The molecule has 0 aliphatic carbocycles. The Labute approximate surface area is 187 Å². The number of aryl methyl sites for hydroxylation is 1. The highest BCUT2D eigenvalue weighted by Crippen LogP contribution is 2.21. The number of nitriles is 1. The van der Waals surface area contributed by atoms with Gasteiger partial charge >= 0.3 is 0 Å². The highest BCUT2D eigenvalue weighted by atomic mass is 127. The van der Waals surface area contributed by atoms with Crippen LogP contribution in [0.1, 0.15) is 29.2 Å². The van der Waals surface area contributed by atoms with E-state index in [0.717, 1.165) is 6.42 Å². The molecule has 152 valence electrons. The minimum atomic E-state index is -0.409. The van der Waals surface area contributed by atoms with E-state index in [1.165, 1.54) is 28.1 Å². The number of benzene rings is 2. The Bertz CT molecular complexity index is 1040. The molecule has 3 N–H and O–H groups in total. The fourth-order valence-electron chi connectivity index (χ4n) is 3.14. The number of para-hydroxylation sites is 1. The first-order valence-electron chi connectivity index (χ1n) is 9.38. The standard InChI is InChI=1S/C22H24FN5.HI/c1-3-25-22(28-14-18-8-7-16(12-24)11-20(18)23)26-10-9-17-13-27-21-15(2)5-4-6-19(17)21;/h4-8,11,13,27H,3,9-10,14H2,1-2H3,(H2,25,26,28);1H. The summed E-state index contributed by atoms with van der Waals surface area (Å²) in [4.78, 5) is 7.80. The highest BCUT2D eigenvalue weighted by molar-refractivity contribution is 14.0. The molecule has 29 heavy (non-hydrogen) atoms. The largest absolute Gasteiger partial charge is 0.361 e. The van der Waals surface area contributed by atoms with E-state index in [1.807, 2.05) is 13.0 Å². The molecule has 0 saturated heterocycles. The number of halogens is 2. The molecule has 2 aromatic carbocycles. The average molecular weight is 505 g/mol. The minimum absolute atomic E-state index is 0. The lowest BCUT2D eigenvalue weighted by Crippen LogP contribution is -2.38. The molecule has 3 aromatic rings. The second-order valence-electron chi connectivity index (χ2n) is 6.60. The first kappa shape index (κ1) is 22.7. The second kappa shape index (κ2) is 10.8. The Hall–Kier alpha value is -2.60. The number of nitrogens with zero attached hydrogens (tertiary/aromatic N) is 2. The van der Waals surface area contributed by atoms with E-state index < -0.39 is 5.82 Å². The average Bonchev–Trinajstić information content (AvgIpc) is 3.11. The molecule has 0 aliphatic heterocycles. The van der Waals surface area contributed by atoms with Crippen LogP contribution in [0.5, 0.6) is 0 Å². The number of hydrogen-bond donors (Lipinski definition) is 3. The summed E-state index contributed by atoms with van der Waals surface area (Å²) in [5, 5.41) is 16.5. The minimum Gasteiger partial charge on any atom is -0.361 e. The number of H-pyrrole nitrogens is 1. The molecular formula is C22H25FIN5. The Morgan fingerprint density at radius 1 is 1.21 bits per heavy atom. The van der Waals surface area contributed by atoms with Crippen molar-refractivity contribution >= 4 is 40.8 Å². The van der Waals surface area contributed by atoms with Gasteiger partial charge in [0.15, 0.2) is 5.96 Å². The normalized spacial score (nSPS) is 11.0. The molecule has 7 heteroatoms. The van der Waals surface area contributed by atoms with Gasteiger partial charge in [-0.3, -0.25) is 0 Å². The maximum Gasteiger partial charge on any atom is 0.191 e. The van der Waals surface area contributed by atoms with Gasteiger partial charge < -0.3 is 15.6 Å². The smallest absolute Gasteiger partial charge is 0.191 e. The zero-order chi connectivity index (χ0) is 19.9. The molecule has 0 radical (unpaired) electrons. The van der Waals surface area contributed by atoms with Crippen LogP contribution in [0.15, 0.2) is 47.6 Å². The van der Waals surface area contributed by atoms with Crippen molar-refractivity contribution in [3.8, 4) is 6.07 Å². The molecule has 0 fully saturated rings. The van der Waals surface area contributed by atoms with E-state index in [2.05, 4.69) is 51.9 Å². The van der Waals surface area contributed by atoms with E-state index in [0.29, 0.717) is 30.2 Å². The molecular weight excluding hydrogens is 480 g/mol. The highest BCUT2D eigenvalue weighted by Gasteiger charge is 2.07. The van der Waals surface area contributed by atoms with Gasteiger partial charge in [0.1, 0.15) is 5.82 Å². The topological polar surface area (TPSA) is 76.0 Å². The summed E-state index contributed by atoms with van der Waals surface area (Å²) in [5.74, 6) is 0.232. The summed E-state index contributed by atoms with van der Waals surface area (Å²) >= 11 is 0. The van der Waals surface area contributed by atoms with Gasteiger partial charge in [0.05, 0.1) is 18.2 Å². The third-order valence-electron chi connectivity index (χ3n) is 4.63. The molecule has 0 saturated carbocycles. The summed E-state index contributed by atoms with van der Waals surface area (Å²) in [6.45, 7) is 5.72. The first-order valence-corrected chi connectivity index (χ1v) is 9.38. The van der Waals surface area contributed by atoms with Crippen molar-refractivity contribution in [3.63, 3.8) is 0 Å². The van der Waals surface area contributed by atoms with Crippen LogP contribution >= 0.6 is 24.0 Å². The van der Waals surface area contributed by atoms with E-state index in [4.69, 9.17) is 5.26 Å². The fourth-order valence-corrected chi connectivity index (χ4v) is 3.14. The van der Waals surface area contributed by atoms with Gasteiger partial charge in [-0.2, -0.15) is 5.26 Å². The predicted molar refractivity (Wildman–Crippen MR) is 126 cm³/mol. The first-order chi connectivity index (χ1) is 13.6. The Morgan fingerprint density at radius 3 is 2.76 bits per heavy atom. The zero-order valence-corrected chi connectivity index (χ0v) is 18.9. The lowest BCUT2D eigenvalue weighted by Gasteiger charge is -2.11. The number of fused-ring (bicyclic) bond motifs is 1. The predicted octanol–water partition coefficient (Wildman–Crippen LogP) is 4.40. The summed E-state index contributed by atoms with van der Waals surface area (Å²) in [6.07, 6.45) is 2.90. The van der Waals surface area contributed by atoms with Gasteiger partial charge in [0, 0.05) is 35.8 Å². The van der Waals surface area contributed by atoms with Crippen molar-refractivity contribution in [1.82, 2.24) is 15.6 Å². The van der Waals surface area contributed by atoms with Gasteiger partial charge in [-0.15, -0.1) is 24.0 Å². The summed E-state index contributed by atoms with van der Waals surface area (Å²) in [6, 6.07) is 12.7. The lowest BCUT2D eigenvalue weighted by atomic mass is 10.1. The molecule has 0 aliphatic rings. The molecule has 1 heterocycles. The van der Waals surface area contributed by atoms with Gasteiger partial charge in [-0.25, -0.2) is 9.38 Å². The van der Waals surface area contributed by atoms with Gasteiger partial charge in [-0.1, -0.05) is 24.3 Å². The molecule has 1 aromatic heterocycles. The molecule has 0 spiro atoms. The fraction of sp³-hybridized carbons (Fsp3) is 0.273. The second-order valence-corrected chi connectivity index (χ2v) is 6.60. The maximum absolute atomic E-state index is 14.0. The van der Waals surface area contributed by atoms with E-state index in [1.54, 1.807) is 12.1 Å². The number of aliphatic imine (C=N–C) groups is 1. The summed E-state index contributed by atoms with van der Waals surface area (Å²) in [7, 11) is 0. The SMILES string of the molecule is CCNC(=NCc1ccc(C#N)cc1F)NCCc1c[nH]c2c(C)cccc12.I. The van der Waals surface area contributed by atoms with Crippen LogP contribution in [0.3, 0.4) is 0 Å². The van der Waals surface area contributed by atoms with E-state index in [9.17, 15) is 4.39 Å². The van der Waals surface area contributed by atoms with Crippen molar-refractivity contribution in [2.45, 2.75) is 26.8 Å². The van der Waals surface area contributed by atoms with Crippen molar-refractivity contribution in [1.29, 1.82) is 5.26 Å². The van der Waals surface area contributed by atoms with Crippen LogP contribution in [0.25, 0.3) is 10.9 Å². The Morgan fingerprint density at radius 2 is 2.03 bits per heavy atom. The third-order valence-corrected chi connectivity index (χ3v) is 4.63. The monoisotopic (exact) mass is 505 g/mol. The third kappa shape index (κ3) is 5.70. The number of nitrogens with one attached hydrogen (secondary N) is 3. The quantitative estimate of drug-likeness (QED) is 0.264. The van der Waals surface area contributed by atoms with Crippen molar-refractivity contribution in [3.05, 3.63) is 70.7 Å². The van der Waals surface area contributed by atoms with Gasteiger partial charge in [-0.05, 0) is 43.5 Å². The number of guanidine groups is 1. The van der Waals surface area contributed by atoms with Crippen LogP contribution in [0, 0.1) is 24.1 Å². The number of rotatable bonds is 6. The Kier molecular flexibility index (Phi) is 8.46. The molecule has 0 amide bonds. The van der Waals surface area contributed by atoms with Gasteiger partial charge in [0.25, 0.3) is 0 Å². The van der Waals surface area contributed by atoms with E-state index >= 15 is 0 Å². The summed E-state index contributed by atoms with van der Waals surface area (Å²) < 4.78 is 14.0. The summed E-state index contributed by atoms with van der Waals surface area (Å²) in [5.41, 5.74) is 4.43. The van der Waals surface area contributed by atoms with Crippen molar-refractivity contribution in [2.24, 2.45) is 4.99 Å². The van der Waals surface area contributed by atoms with Gasteiger partial charge in [0.2, 0.25) is 0 Å². The maximum atomic E-state index is 14.0. The molecule has 0 bridgehead atoms. The molecule has 0 atom stereocenters. The van der Waals surface area contributed by atoms with Crippen LogP contribution in [0.2, 0.25) is 0 Å². The number of aromatic amines is 1. The Balaban J connectivity index is 0.00000300. The van der Waals surface area contributed by atoms with Crippen LogP contribution in [0.4, 0.5) is 4.39 Å². The molecule has 0 unspecified atom stereocenters. The van der Waals surface area contributed by atoms with E-state index in [-0.39, 0.29) is 30.5 Å². The molecule has 5 nitrogen and oxygen atoms in total. The van der Waals surface area contributed by atoms with Crippen molar-refractivity contribution < 1.29 is 4.39 Å². The number of aromatic nitrogens is 1. The van der Waals surface area contributed by atoms with Crippen LogP contribution in [-0.4, -0.2) is 24.0 Å². The number of hydrogen-bond acceptors (Lipinski definition) is 2. The zero-order valence-electron chi connectivity index (χ0n) is 16.6. The molecule has 3 rings (SSSR count). The lowest BCUT2D eigenvalue weighted by molar-refractivity contribution is 0.609. The van der Waals surface area contributed by atoms with Crippen LogP contribution < -0.4 is 10.6 Å². The van der Waals surface area contributed by atoms with Crippen LogP contribution in [-0.2, 0) is 13.0 Å².